The summed E-state index contributed by atoms with van der Waals surface area (Å²) in [4.78, 5) is 0. The Bertz CT molecular complexity index is 252. The van der Waals surface area contributed by atoms with E-state index in [1.807, 2.05) is 0 Å². The molecule has 0 amide bonds. The molecule has 0 spiro atoms. The molecular weight excluding hydrogens is 280 g/mol. The number of aliphatic hydroxyl groups excluding tert-OH is 4. The first-order chi connectivity index (χ1) is 9.61. The van der Waals surface area contributed by atoms with Crippen molar-refractivity contribution in [1.82, 2.24) is 0 Å². The monoisotopic (exact) mass is 308 g/mol. The van der Waals surface area contributed by atoms with Gasteiger partial charge in [-0.25, -0.2) is 0 Å². The van der Waals surface area contributed by atoms with Gasteiger partial charge in [-0.3, -0.25) is 0 Å². The van der Waals surface area contributed by atoms with Crippen molar-refractivity contribution in [2.24, 2.45) is 0 Å². The molecule has 0 bridgehead atoms. The summed E-state index contributed by atoms with van der Waals surface area (Å²) in [5, 5.41) is 38.3. The maximum absolute atomic E-state index is 9.86. The van der Waals surface area contributed by atoms with E-state index < -0.39 is 29.9 Å². The average molecular weight is 308 g/mol. The molecule has 0 aromatic heterocycles. The topological polar surface area (TPSA) is 90.2 Å². The largest absolute Gasteiger partial charge is 0.394 e. The zero-order valence-electron chi connectivity index (χ0n) is 12.1. The Morgan fingerprint density at radius 1 is 0.900 bits per heavy atom. The lowest BCUT2D eigenvalue weighted by molar-refractivity contribution is -0.205. The molecule has 1 fully saturated rings. The van der Waals surface area contributed by atoms with Gasteiger partial charge < -0.3 is 25.2 Å². The Kier molecular flexibility index (Phi) is 9.08. The third kappa shape index (κ3) is 5.50. The zero-order valence-corrected chi connectivity index (χ0v) is 13.0. The molecule has 0 saturated carbocycles. The fourth-order valence-electron chi connectivity index (χ4n) is 2.29. The predicted octanol–water partition coefficient (Wildman–Crippen LogP) is 0.880. The lowest BCUT2D eigenvalue weighted by Gasteiger charge is -2.39. The molecule has 1 unspecified atom stereocenters. The molecule has 1 aliphatic heterocycles. The average Bonchev–Trinajstić information content (AvgIpc) is 2.46. The Morgan fingerprint density at radius 2 is 1.55 bits per heavy atom. The molecule has 6 heteroatoms. The second-order valence-electron chi connectivity index (χ2n) is 5.34. The van der Waals surface area contributed by atoms with Gasteiger partial charge in [0, 0.05) is 0 Å². The SMILES string of the molecule is CCCCCCCCSC1O[C@H](CO)[C@H](O)[C@H](O)[C@H]1O. The maximum atomic E-state index is 9.86. The molecule has 0 aliphatic carbocycles. The lowest BCUT2D eigenvalue weighted by Crippen LogP contribution is -2.57. The van der Waals surface area contributed by atoms with Crippen LogP contribution in [0.1, 0.15) is 45.4 Å². The molecule has 4 N–H and O–H groups in total. The Labute approximate surface area is 125 Å². The number of thioether (sulfide) groups is 1. The van der Waals surface area contributed by atoms with E-state index in [4.69, 9.17) is 9.84 Å². The van der Waals surface area contributed by atoms with Gasteiger partial charge >= 0.3 is 0 Å². The van der Waals surface area contributed by atoms with E-state index in [0.717, 1.165) is 18.6 Å². The van der Waals surface area contributed by atoms with Crippen molar-refractivity contribution in [3.8, 4) is 0 Å². The summed E-state index contributed by atoms with van der Waals surface area (Å²) in [6, 6.07) is 0. The van der Waals surface area contributed by atoms with Crippen LogP contribution in [0.2, 0.25) is 0 Å². The highest BCUT2D eigenvalue weighted by Crippen LogP contribution is 2.29. The zero-order chi connectivity index (χ0) is 15.0. The van der Waals surface area contributed by atoms with Crippen molar-refractivity contribution in [1.29, 1.82) is 0 Å². The number of aliphatic hydroxyl groups is 4. The molecule has 1 heterocycles. The van der Waals surface area contributed by atoms with E-state index in [-0.39, 0.29) is 6.61 Å². The van der Waals surface area contributed by atoms with Crippen molar-refractivity contribution >= 4 is 11.8 Å². The first kappa shape index (κ1) is 18.2. The standard InChI is InChI=1S/C14H28O5S/c1-2-3-4-5-6-7-8-20-14-13(18)12(17)11(16)10(9-15)19-14/h10-18H,2-9H2,1H3/t10-,11+,12+,13-,14?/m1/s1. The molecule has 1 rings (SSSR count). The summed E-state index contributed by atoms with van der Waals surface area (Å²) < 4.78 is 5.43. The van der Waals surface area contributed by atoms with Crippen molar-refractivity contribution in [3.05, 3.63) is 0 Å². The van der Waals surface area contributed by atoms with Crippen LogP contribution in [0.15, 0.2) is 0 Å². The van der Waals surface area contributed by atoms with Crippen LogP contribution < -0.4 is 0 Å². The second kappa shape index (κ2) is 9.97. The lowest BCUT2D eigenvalue weighted by atomic mass is 10.0. The number of unbranched alkanes of at least 4 members (excludes halogenated alkanes) is 5. The highest BCUT2D eigenvalue weighted by atomic mass is 32.2. The summed E-state index contributed by atoms with van der Waals surface area (Å²) in [6.45, 7) is 1.83. The quantitative estimate of drug-likeness (QED) is 0.473. The van der Waals surface area contributed by atoms with Crippen LogP contribution in [-0.2, 0) is 4.74 Å². The van der Waals surface area contributed by atoms with E-state index >= 15 is 0 Å². The molecule has 5 atom stereocenters. The van der Waals surface area contributed by atoms with Crippen LogP contribution in [0.5, 0.6) is 0 Å². The van der Waals surface area contributed by atoms with Gasteiger partial charge in [-0.1, -0.05) is 39.0 Å². The van der Waals surface area contributed by atoms with Crippen LogP contribution in [0.25, 0.3) is 0 Å². The van der Waals surface area contributed by atoms with E-state index in [1.54, 1.807) is 0 Å². The van der Waals surface area contributed by atoms with Crippen LogP contribution in [0.4, 0.5) is 0 Å². The maximum Gasteiger partial charge on any atom is 0.132 e. The van der Waals surface area contributed by atoms with Gasteiger partial charge in [0.05, 0.1) is 6.61 Å². The van der Waals surface area contributed by atoms with Crippen molar-refractivity contribution in [2.45, 2.75) is 75.3 Å². The first-order valence-corrected chi connectivity index (χ1v) is 8.58. The van der Waals surface area contributed by atoms with Crippen molar-refractivity contribution < 1.29 is 25.2 Å². The van der Waals surface area contributed by atoms with Gasteiger partial charge in [-0.15, -0.1) is 11.8 Å². The van der Waals surface area contributed by atoms with Gasteiger partial charge in [0.15, 0.2) is 0 Å². The van der Waals surface area contributed by atoms with E-state index in [1.165, 1.54) is 37.4 Å². The summed E-state index contributed by atoms with van der Waals surface area (Å²) >= 11 is 1.44. The van der Waals surface area contributed by atoms with Crippen molar-refractivity contribution in [2.75, 3.05) is 12.4 Å². The summed E-state index contributed by atoms with van der Waals surface area (Å²) in [5.41, 5.74) is -0.582. The molecule has 1 aliphatic rings. The first-order valence-electron chi connectivity index (χ1n) is 7.54. The second-order valence-corrected chi connectivity index (χ2v) is 6.54. The summed E-state index contributed by atoms with van der Waals surface area (Å²) in [6.07, 6.45) is 2.77. The minimum atomic E-state index is -1.26. The minimum absolute atomic E-state index is 0.362. The number of rotatable bonds is 9. The molecule has 0 aromatic rings. The molecule has 5 nitrogen and oxygen atoms in total. The Hall–Kier alpha value is 0.150. The fourth-order valence-corrected chi connectivity index (χ4v) is 3.47. The number of hydrogen-bond acceptors (Lipinski definition) is 6. The Balaban J connectivity index is 2.21. The van der Waals surface area contributed by atoms with Gasteiger partial charge in [0.1, 0.15) is 29.9 Å². The molecule has 120 valence electrons. The smallest absolute Gasteiger partial charge is 0.132 e. The molecular formula is C14H28O5S. The van der Waals surface area contributed by atoms with Gasteiger partial charge in [-0.2, -0.15) is 0 Å². The van der Waals surface area contributed by atoms with E-state index in [2.05, 4.69) is 6.92 Å². The Morgan fingerprint density at radius 3 is 2.20 bits per heavy atom. The van der Waals surface area contributed by atoms with Gasteiger partial charge in [0.25, 0.3) is 0 Å². The van der Waals surface area contributed by atoms with Crippen LogP contribution in [0, 0.1) is 0 Å². The fraction of sp³-hybridized carbons (Fsp3) is 1.00. The molecule has 20 heavy (non-hydrogen) atoms. The highest BCUT2D eigenvalue weighted by Gasteiger charge is 2.43. The number of ether oxygens (including phenoxy) is 1. The predicted molar refractivity (Wildman–Crippen MR) is 79.6 cm³/mol. The van der Waals surface area contributed by atoms with Crippen LogP contribution in [0.3, 0.4) is 0 Å². The van der Waals surface area contributed by atoms with Crippen molar-refractivity contribution in [3.63, 3.8) is 0 Å². The molecule has 0 radical (unpaired) electrons. The normalized spacial score (nSPS) is 34.4. The minimum Gasteiger partial charge on any atom is -0.394 e. The van der Waals surface area contributed by atoms with Gasteiger partial charge in [-0.05, 0) is 12.2 Å². The molecule has 0 aromatic carbocycles. The summed E-state index contributed by atoms with van der Waals surface area (Å²) in [5.74, 6) is 0.842. The number of hydrogen-bond donors (Lipinski definition) is 4. The van der Waals surface area contributed by atoms with E-state index in [9.17, 15) is 15.3 Å². The third-order valence-electron chi connectivity index (χ3n) is 3.63. The van der Waals surface area contributed by atoms with Crippen LogP contribution >= 0.6 is 11.8 Å². The third-order valence-corrected chi connectivity index (χ3v) is 4.87. The summed E-state index contributed by atoms with van der Waals surface area (Å²) in [7, 11) is 0. The van der Waals surface area contributed by atoms with Crippen LogP contribution in [-0.4, -0.2) is 62.6 Å². The highest BCUT2D eigenvalue weighted by molar-refractivity contribution is 7.99. The van der Waals surface area contributed by atoms with Gasteiger partial charge in [0.2, 0.25) is 0 Å². The molecule has 1 saturated heterocycles. The van der Waals surface area contributed by atoms with E-state index in [0.29, 0.717) is 0 Å².